The van der Waals surface area contributed by atoms with E-state index in [1.54, 1.807) is 0 Å². The first-order valence-corrected chi connectivity index (χ1v) is 6.55. The molecule has 0 amide bonds. The van der Waals surface area contributed by atoms with Gasteiger partial charge in [0.25, 0.3) is 0 Å². The normalized spacial score (nSPS) is 17.9. The molecule has 1 atom stereocenters. The second-order valence-electron chi connectivity index (χ2n) is 4.37. The third-order valence-electron chi connectivity index (χ3n) is 3.06. The van der Waals surface area contributed by atoms with Gasteiger partial charge in [-0.05, 0) is 12.5 Å². The third kappa shape index (κ3) is 3.59. The van der Waals surface area contributed by atoms with Crippen LogP contribution in [-0.4, -0.2) is 26.4 Å². The Labute approximate surface area is 109 Å². The van der Waals surface area contributed by atoms with Crippen molar-refractivity contribution in [1.82, 2.24) is 5.32 Å². The zero-order chi connectivity index (χ0) is 12.6. The van der Waals surface area contributed by atoms with Crippen molar-refractivity contribution in [2.75, 3.05) is 26.4 Å². The van der Waals surface area contributed by atoms with E-state index in [2.05, 4.69) is 24.0 Å². The van der Waals surface area contributed by atoms with Crippen LogP contribution in [0.25, 0.3) is 0 Å². The van der Waals surface area contributed by atoms with E-state index >= 15 is 0 Å². The molecular weight excluding hydrogens is 226 g/mol. The van der Waals surface area contributed by atoms with Crippen LogP contribution < -0.4 is 10.1 Å². The Morgan fingerprint density at radius 1 is 1.39 bits per heavy atom. The minimum atomic E-state index is 0.387. The first-order valence-electron chi connectivity index (χ1n) is 6.55. The average Bonchev–Trinajstić information content (AvgIpc) is 2.43. The van der Waals surface area contributed by atoms with Crippen molar-refractivity contribution in [3.05, 3.63) is 42.5 Å². The smallest absolute Gasteiger partial charge is 0.124 e. The summed E-state index contributed by atoms with van der Waals surface area (Å²) in [5.74, 6) is 1.01. The second-order valence-corrected chi connectivity index (χ2v) is 4.37. The fourth-order valence-electron chi connectivity index (χ4n) is 2.13. The van der Waals surface area contributed by atoms with Gasteiger partial charge in [-0.2, -0.15) is 0 Å². The van der Waals surface area contributed by atoms with Gasteiger partial charge in [-0.15, -0.1) is 6.58 Å². The molecule has 1 aromatic carbocycles. The van der Waals surface area contributed by atoms with Gasteiger partial charge in [0.15, 0.2) is 0 Å². The number of nitrogens with one attached hydrogen (secondary N) is 1. The molecule has 0 aromatic heterocycles. The fraction of sp³-hybridized carbons (Fsp3) is 0.467. The quantitative estimate of drug-likeness (QED) is 0.593. The molecule has 2 rings (SSSR count). The standard InChI is InChI=1S/C15H21NO2/c1-2-3-10-17-12-9-16-14-8-11-18-15-7-5-4-6-13(14)15/h2,4-7,14,16H,1,3,8-12H2. The molecule has 18 heavy (non-hydrogen) atoms. The monoisotopic (exact) mass is 247 g/mol. The Hall–Kier alpha value is -1.32. The van der Waals surface area contributed by atoms with Crippen molar-refractivity contribution in [1.29, 1.82) is 0 Å². The zero-order valence-electron chi connectivity index (χ0n) is 10.7. The summed E-state index contributed by atoms with van der Waals surface area (Å²) >= 11 is 0. The molecule has 1 heterocycles. The molecular formula is C15H21NO2. The van der Waals surface area contributed by atoms with Gasteiger partial charge in [0.1, 0.15) is 5.75 Å². The van der Waals surface area contributed by atoms with Crippen LogP contribution in [0.15, 0.2) is 36.9 Å². The third-order valence-corrected chi connectivity index (χ3v) is 3.06. The minimum Gasteiger partial charge on any atom is -0.493 e. The van der Waals surface area contributed by atoms with Crippen LogP contribution in [-0.2, 0) is 4.74 Å². The Morgan fingerprint density at radius 2 is 2.28 bits per heavy atom. The molecule has 3 nitrogen and oxygen atoms in total. The van der Waals surface area contributed by atoms with Crippen molar-refractivity contribution in [2.24, 2.45) is 0 Å². The molecule has 1 aromatic rings. The summed E-state index contributed by atoms with van der Waals surface area (Å²) in [6.07, 6.45) is 3.81. The van der Waals surface area contributed by atoms with Gasteiger partial charge in [0.2, 0.25) is 0 Å². The molecule has 0 saturated heterocycles. The molecule has 1 N–H and O–H groups in total. The number of ether oxygens (including phenoxy) is 2. The molecule has 0 radical (unpaired) electrons. The van der Waals surface area contributed by atoms with E-state index in [1.807, 2.05) is 18.2 Å². The Balaban J connectivity index is 1.75. The highest BCUT2D eigenvalue weighted by atomic mass is 16.5. The molecule has 0 aliphatic carbocycles. The van der Waals surface area contributed by atoms with Gasteiger partial charge in [-0.3, -0.25) is 0 Å². The molecule has 0 saturated carbocycles. The van der Waals surface area contributed by atoms with E-state index in [0.717, 1.165) is 45.0 Å². The van der Waals surface area contributed by atoms with Gasteiger partial charge in [-0.1, -0.05) is 24.3 Å². The van der Waals surface area contributed by atoms with Gasteiger partial charge >= 0.3 is 0 Å². The van der Waals surface area contributed by atoms with E-state index in [9.17, 15) is 0 Å². The molecule has 0 bridgehead atoms. The maximum Gasteiger partial charge on any atom is 0.124 e. The van der Waals surface area contributed by atoms with Crippen LogP contribution in [0.4, 0.5) is 0 Å². The van der Waals surface area contributed by atoms with Crippen LogP contribution in [0.1, 0.15) is 24.4 Å². The van der Waals surface area contributed by atoms with Crippen LogP contribution in [0, 0.1) is 0 Å². The highest BCUT2D eigenvalue weighted by Gasteiger charge is 2.19. The summed E-state index contributed by atoms with van der Waals surface area (Å²) in [4.78, 5) is 0. The summed E-state index contributed by atoms with van der Waals surface area (Å²) in [5, 5.41) is 3.52. The Morgan fingerprint density at radius 3 is 3.17 bits per heavy atom. The van der Waals surface area contributed by atoms with Crippen molar-refractivity contribution in [2.45, 2.75) is 18.9 Å². The maximum atomic E-state index is 5.63. The van der Waals surface area contributed by atoms with Gasteiger partial charge < -0.3 is 14.8 Å². The summed E-state index contributed by atoms with van der Waals surface area (Å²) in [5.41, 5.74) is 1.26. The minimum absolute atomic E-state index is 0.387. The van der Waals surface area contributed by atoms with Gasteiger partial charge in [-0.25, -0.2) is 0 Å². The molecule has 1 aliphatic rings. The SMILES string of the molecule is C=CCCOCCNC1CCOc2ccccc21. The fourth-order valence-corrected chi connectivity index (χ4v) is 2.13. The summed E-state index contributed by atoms with van der Waals surface area (Å²) < 4.78 is 11.1. The zero-order valence-corrected chi connectivity index (χ0v) is 10.7. The number of fused-ring (bicyclic) bond motifs is 1. The van der Waals surface area contributed by atoms with Crippen molar-refractivity contribution >= 4 is 0 Å². The van der Waals surface area contributed by atoms with Crippen LogP contribution in [0.2, 0.25) is 0 Å². The molecule has 1 aliphatic heterocycles. The van der Waals surface area contributed by atoms with Crippen LogP contribution >= 0.6 is 0 Å². The summed E-state index contributed by atoms with van der Waals surface area (Å²) in [6.45, 7) is 6.83. The number of rotatable bonds is 7. The Kier molecular flexibility index (Phi) is 5.24. The van der Waals surface area contributed by atoms with Crippen LogP contribution in [0.5, 0.6) is 5.75 Å². The van der Waals surface area contributed by atoms with Crippen LogP contribution in [0.3, 0.4) is 0 Å². The van der Waals surface area contributed by atoms with Gasteiger partial charge in [0.05, 0.1) is 19.8 Å². The topological polar surface area (TPSA) is 30.5 Å². The predicted molar refractivity (Wildman–Crippen MR) is 72.9 cm³/mol. The number of hydrogen-bond donors (Lipinski definition) is 1. The summed E-state index contributed by atoms with van der Waals surface area (Å²) in [7, 11) is 0. The number of benzene rings is 1. The van der Waals surface area contributed by atoms with E-state index in [1.165, 1.54) is 5.56 Å². The molecule has 3 heteroatoms. The predicted octanol–water partition coefficient (Wildman–Crippen LogP) is 2.69. The lowest BCUT2D eigenvalue weighted by Gasteiger charge is -2.26. The van der Waals surface area contributed by atoms with Crippen molar-refractivity contribution in [3.8, 4) is 5.75 Å². The molecule has 0 fully saturated rings. The van der Waals surface area contributed by atoms with E-state index in [0.29, 0.717) is 6.04 Å². The average molecular weight is 247 g/mol. The highest BCUT2D eigenvalue weighted by Crippen LogP contribution is 2.31. The number of hydrogen-bond acceptors (Lipinski definition) is 3. The van der Waals surface area contributed by atoms with Gasteiger partial charge in [0, 0.05) is 24.6 Å². The van der Waals surface area contributed by atoms with E-state index in [4.69, 9.17) is 9.47 Å². The van der Waals surface area contributed by atoms with E-state index < -0.39 is 0 Å². The largest absolute Gasteiger partial charge is 0.493 e. The van der Waals surface area contributed by atoms with E-state index in [-0.39, 0.29) is 0 Å². The Bertz CT molecular complexity index is 379. The number of para-hydroxylation sites is 1. The first kappa shape index (κ1) is 13.1. The molecule has 1 unspecified atom stereocenters. The summed E-state index contributed by atoms with van der Waals surface area (Å²) in [6, 6.07) is 8.62. The first-order chi connectivity index (χ1) is 8.92. The molecule has 0 spiro atoms. The maximum absolute atomic E-state index is 5.63. The van der Waals surface area contributed by atoms with Crippen molar-refractivity contribution in [3.63, 3.8) is 0 Å². The lowest BCUT2D eigenvalue weighted by atomic mass is 10.0. The highest BCUT2D eigenvalue weighted by molar-refractivity contribution is 5.37. The lowest BCUT2D eigenvalue weighted by molar-refractivity contribution is 0.135. The second kappa shape index (κ2) is 7.19. The van der Waals surface area contributed by atoms with Crippen molar-refractivity contribution < 1.29 is 9.47 Å². The molecule has 98 valence electrons. The lowest BCUT2D eigenvalue weighted by Crippen LogP contribution is -2.29.